The molecule has 1 aromatic heterocycles. The predicted octanol–water partition coefficient (Wildman–Crippen LogP) is 5.55. The average Bonchev–Trinajstić information content (AvgIpc) is 2.99. The molecule has 154 valence electrons. The molecule has 0 atom stereocenters. The van der Waals surface area contributed by atoms with Crippen molar-refractivity contribution in [2.75, 3.05) is 18.0 Å². The van der Waals surface area contributed by atoms with E-state index in [1.807, 2.05) is 27.0 Å². The summed E-state index contributed by atoms with van der Waals surface area (Å²) in [4.78, 5) is 11.7. The number of aromatic nitrogens is 1. The first-order valence-electron chi connectivity index (χ1n) is 9.84. The zero-order valence-corrected chi connectivity index (χ0v) is 20.3. The molecule has 29 heavy (non-hydrogen) atoms. The van der Waals surface area contributed by atoms with Crippen molar-refractivity contribution in [3.63, 3.8) is 0 Å². The number of hydrogen-bond donors (Lipinski definition) is 1. The highest BCUT2D eigenvalue weighted by atomic mass is 127. The second-order valence-electron chi connectivity index (χ2n) is 7.45. The van der Waals surface area contributed by atoms with Crippen LogP contribution in [0.1, 0.15) is 40.9 Å². The molecule has 0 aliphatic carbocycles. The molecule has 1 aliphatic heterocycles. The number of hydrogen-bond acceptors (Lipinski definition) is 4. The zero-order valence-electron chi connectivity index (χ0n) is 17.4. The molecule has 6 heteroatoms. The van der Waals surface area contributed by atoms with Crippen LogP contribution < -0.4 is 5.73 Å². The maximum absolute atomic E-state index is 6.67. The standard InChI is InChI=1S/C23H28ClIN4/c1-14-7-8-18(20(24)10-14)23-19(11-26)15(2)28-21-13-29(16(3)22(21)23)12-17(27-4)6-5-9-25/h7-8,10H,3,5-6,9,11-13,26H2,1-2,4H3. The Kier molecular flexibility index (Phi) is 7.35. The van der Waals surface area contributed by atoms with E-state index < -0.39 is 0 Å². The van der Waals surface area contributed by atoms with Gasteiger partial charge in [-0.2, -0.15) is 0 Å². The Morgan fingerprint density at radius 2 is 2.10 bits per heavy atom. The fraction of sp³-hybridized carbons (Fsp3) is 0.391. The van der Waals surface area contributed by atoms with E-state index in [-0.39, 0.29) is 0 Å². The lowest BCUT2D eigenvalue weighted by Gasteiger charge is -2.21. The van der Waals surface area contributed by atoms with E-state index in [9.17, 15) is 0 Å². The van der Waals surface area contributed by atoms with Gasteiger partial charge < -0.3 is 10.6 Å². The molecule has 0 radical (unpaired) electrons. The molecule has 3 rings (SSSR count). The summed E-state index contributed by atoms with van der Waals surface area (Å²) in [6.45, 7) is 10.4. The van der Waals surface area contributed by atoms with E-state index in [2.05, 4.69) is 51.2 Å². The second kappa shape index (κ2) is 9.58. The monoisotopic (exact) mass is 522 g/mol. The molecule has 0 fully saturated rings. The third-order valence-electron chi connectivity index (χ3n) is 5.48. The first-order valence-corrected chi connectivity index (χ1v) is 11.7. The van der Waals surface area contributed by atoms with E-state index in [4.69, 9.17) is 22.3 Å². The number of aryl methyl sites for hydroxylation is 2. The first-order chi connectivity index (χ1) is 13.9. The van der Waals surface area contributed by atoms with E-state index >= 15 is 0 Å². The molecule has 0 spiro atoms. The molecule has 0 saturated carbocycles. The van der Waals surface area contributed by atoms with Crippen molar-refractivity contribution in [1.29, 1.82) is 0 Å². The summed E-state index contributed by atoms with van der Waals surface area (Å²) < 4.78 is 1.13. The number of nitrogens with zero attached hydrogens (tertiary/aromatic N) is 3. The number of nitrogens with two attached hydrogens (primary N) is 1. The normalized spacial score (nSPS) is 13.9. The van der Waals surface area contributed by atoms with Gasteiger partial charge in [-0.25, -0.2) is 0 Å². The quantitative estimate of drug-likeness (QED) is 0.295. The lowest BCUT2D eigenvalue weighted by molar-refractivity contribution is 0.460. The highest BCUT2D eigenvalue weighted by Crippen LogP contribution is 2.43. The van der Waals surface area contributed by atoms with Crippen LogP contribution in [0, 0.1) is 13.8 Å². The Balaban J connectivity index is 2.07. The number of alkyl halides is 1. The summed E-state index contributed by atoms with van der Waals surface area (Å²) in [5.41, 5.74) is 15.6. The first kappa shape index (κ1) is 22.2. The van der Waals surface area contributed by atoms with E-state index in [0.717, 1.165) is 80.3 Å². The van der Waals surface area contributed by atoms with E-state index in [1.165, 1.54) is 5.71 Å². The van der Waals surface area contributed by atoms with Gasteiger partial charge in [0.2, 0.25) is 0 Å². The van der Waals surface area contributed by atoms with Crippen LogP contribution in [-0.2, 0) is 13.1 Å². The van der Waals surface area contributed by atoms with Gasteiger partial charge in [0.25, 0.3) is 0 Å². The maximum atomic E-state index is 6.67. The summed E-state index contributed by atoms with van der Waals surface area (Å²) in [7, 11) is 1.88. The predicted molar refractivity (Wildman–Crippen MR) is 133 cm³/mol. The summed E-state index contributed by atoms with van der Waals surface area (Å²) >= 11 is 9.08. The van der Waals surface area contributed by atoms with Crippen LogP contribution in [0.15, 0.2) is 29.8 Å². The molecule has 0 unspecified atom stereocenters. The summed E-state index contributed by atoms with van der Waals surface area (Å²) in [5.74, 6) is 0. The minimum Gasteiger partial charge on any atom is -0.360 e. The van der Waals surface area contributed by atoms with Gasteiger partial charge in [0.05, 0.1) is 18.8 Å². The van der Waals surface area contributed by atoms with Gasteiger partial charge in [0.15, 0.2) is 0 Å². The van der Waals surface area contributed by atoms with Gasteiger partial charge in [-0.1, -0.05) is 52.9 Å². The molecule has 2 aromatic rings. The van der Waals surface area contributed by atoms with Crippen molar-refractivity contribution in [2.45, 2.75) is 39.8 Å². The molecule has 0 amide bonds. The Morgan fingerprint density at radius 3 is 2.72 bits per heavy atom. The largest absolute Gasteiger partial charge is 0.360 e. The zero-order chi connectivity index (χ0) is 21.1. The Bertz CT molecular complexity index is 968. The molecular formula is C23H28ClIN4. The van der Waals surface area contributed by atoms with Gasteiger partial charge in [0.1, 0.15) is 0 Å². The van der Waals surface area contributed by atoms with Crippen LogP contribution in [-0.4, -0.2) is 33.6 Å². The number of halogens is 2. The minimum absolute atomic E-state index is 0.413. The Labute approximate surface area is 192 Å². The van der Waals surface area contributed by atoms with Crippen LogP contribution in [0.2, 0.25) is 5.02 Å². The van der Waals surface area contributed by atoms with Gasteiger partial charge in [-0.3, -0.25) is 9.98 Å². The minimum atomic E-state index is 0.413. The fourth-order valence-corrected chi connectivity index (χ4v) is 4.65. The van der Waals surface area contributed by atoms with Crippen molar-refractivity contribution in [3.8, 4) is 11.1 Å². The maximum Gasteiger partial charge on any atom is 0.0699 e. The molecule has 0 bridgehead atoms. The van der Waals surface area contributed by atoms with Crippen LogP contribution in [0.3, 0.4) is 0 Å². The van der Waals surface area contributed by atoms with Crippen molar-refractivity contribution < 1.29 is 0 Å². The van der Waals surface area contributed by atoms with Gasteiger partial charge in [-0.15, -0.1) is 0 Å². The van der Waals surface area contributed by atoms with Crippen molar-refractivity contribution >= 4 is 45.6 Å². The highest BCUT2D eigenvalue weighted by molar-refractivity contribution is 14.1. The average molecular weight is 523 g/mol. The molecule has 1 aromatic carbocycles. The SMILES string of the molecule is C=C1c2c(nc(C)c(CN)c2-c2ccc(C)cc2Cl)CN1CC(CCCI)=NC. The topological polar surface area (TPSA) is 54.5 Å². The lowest BCUT2D eigenvalue weighted by atomic mass is 9.91. The third-order valence-corrected chi connectivity index (χ3v) is 6.55. The van der Waals surface area contributed by atoms with Crippen LogP contribution in [0.25, 0.3) is 16.8 Å². The lowest BCUT2D eigenvalue weighted by Crippen LogP contribution is -2.24. The van der Waals surface area contributed by atoms with Crippen LogP contribution >= 0.6 is 34.2 Å². The summed E-state index contributed by atoms with van der Waals surface area (Å²) in [6.07, 6.45) is 2.15. The number of rotatable bonds is 7. The summed E-state index contributed by atoms with van der Waals surface area (Å²) in [5, 5.41) is 0.733. The smallest absolute Gasteiger partial charge is 0.0699 e. The van der Waals surface area contributed by atoms with Crippen LogP contribution in [0.4, 0.5) is 0 Å². The third kappa shape index (κ3) is 4.52. The molecule has 2 heterocycles. The van der Waals surface area contributed by atoms with Gasteiger partial charge in [0, 0.05) is 52.4 Å². The van der Waals surface area contributed by atoms with E-state index in [1.54, 1.807) is 0 Å². The molecule has 1 aliphatic rings. The van der Waals surface area contributed by atoms with Crippen molar-refractivity contribution in [2.24, 2.45) is 10.7 Å². The number of fused-ring (bicyclic) bond motifs is 1. The molecule has 2 N–H and O–H groups in total. The molecule has 4 nitrogen and oxygen atoms in total. The van der Waals surface area contributed by atoms with Crippen molar-refractivity contribution in [1.82, 2.24) is 9.88 Å². The summed E-state index contributed by atoms with van der Waals surface area (Å²) in [6, 6.07) is 6.17. The van der Waals surface area contributed by atoms with Gasteiger partial charge in [-0.05, 0) is 48.3 Å². The van der Waals surface area contributed by atoms with E-state index in [0.29, 0.717) is 6.54 Å². The number of pyridine rings is 1. The van der Waals surface area contributed by atoms with Crippen molar-refractivity contribution in [3.05, 3.63) is 57.9 Å². The fourth-order valence-electron chi connectivity index (χ4n) is 3.94. The number of aliphatic imine (C=N–C) groups is 1. The molecular weight excluding hydrogens is 495 g/mol. The van der Waals surface area contributed by atoms with Crippen LogP contribution in [0.5, 0.6) is 0 Å². The molecule has 0 saturated heterocycles. The Hall–Kier alpha value is -1.44. The number of benzene rings is 1. The highest BCUT2D eigenvalue weighted by Gasteiger charge is 2.30. The van der Waals surface area contributed by atoms with Gasteiger partial charge >= 0.3 is 0 Å². The Morgan fingerprint density at radius 1 is 1.34 bits per heavy atom. The second-order valence-corrected chi connectivity index (χ2v) is 8.93.